The lowest BCUT2D eigenvalue weighted by Crippen LogP contribution is -2.65. The van der Waals surface area contributed by atoms with Crippen molar-refractivity contribution in [2.75, 3.05) is 53.0 Å². The van der Waals surface area contributed by atoms with Gasteiger partial charge >= 0.3 is 18.3 Å². The third-order valence-corrected chi connectivity index (χ3v) is 12.5. The van der Waals surface area contributed by atoms with Crippen LogP contribution in [0.2, 0.25) is 0 Å². The molecule has 1 aromatic heterocycles. The van der Waals surface area contributed by atoms with Gasteiger partial charge in [0, 0.05) is 49.8 Å². The number of hydrogen-bond donors (Lipinski definition) is 2. The molecule has 4 amide bonds. The van der Waals surface area contributed by atoms with E-state index in [1.807, 2.05) is 6.92 Å². The molecule has 2 unspecified atom stereocenters. The number of nitrogens with two attached hydrogens (primary N) is 1. The molecule has 1 spiro atoms. The number of esters is 1. The number of likely N-dealkylation sites (tertiary alicyclic amines) is 2. The highest BCUT2D eigenvalue weighted by Crippen LogP contribution is 2.60. The average molecular weight is 857 g/mol. The van der Waals surface area contributed by atoms with Crippen molar-refractivity contribution in [1.82, 2.24) is 24.9 Å². The van der Waals surface area contributed by atoms with E-state index in [1.54, 1.807) is 0 Å². The molecule has 20 heteroatoms. The Bertz CT molecular complexity index is 1910. The number of carbonyl (C=O) groups excluding carboxylic acids is 5. The topological polar surface area (TPSA) is 175 Å². The standard InChI is InChI=1S/C24H23F6N5O3.C16H27NO5/c25-23(26,27)16-4-2-1-3-14(16)8-35-9-15(7-32-35)19(37)33-10-17(18(31)36)21(11-33)12-34(13-21)20(38)22(5-6-22)24(28,29)30;1-12(9-14(18)17-8-5-15(19)20-2)21-10-16-6-3-13(4-7-16)22-11-16/h1-4,7,9,17H,5-6,8,10-13H2,(H2,31,36);12-13H,3-11H2,1-2H3,(H,17,18). The molecule has 8 rings (SSSR count). The predicted molar refractivity (Wildman–Crippen MR) is 198 cm³/mol. The lowest BCUT2D eigenvalue weighted by molar-refractivity contribution is -0.205. The van der Waals surface area contributed by atoms with Gasteiger partial charge in [0.05, 0.1) is 75.2 Å². The molecule has 5 heterocycles. The molecule has 4 aliphatic heterocycles. The van der Waals surface area contributed by atoms with Crippen molar-refractivity contribution in [3.8, 4) is 0 Å². The van der Waals surface area contributed by atoms with Crippen LogP contribution in [0.25, 0.3) is 0 Å². The average Bonchev–Trinajstić information content (AvgIpc) is 3.73. The maximum absolute atomic E-state index is 13.4. The Morgan fingerprint density at radius 3 is 2.25 bits per heavy atom. The zero-order valence-corrected chi connectivity index (χ0v) is 33.4. The Labute approximate surface area is 342 Å². The van der Waals surface area contributed by atoms with E-state index in [1.165, 1.54) is 47.3 Å². The summed E-state index contributed by atoms with van der Waals surface area (Å²) in [5, 5.41) is 6.70. The number of halogens is 6. The summed E-state index contributed by atoms with van der Waals surface area (Å²) in [6.45, 7) is 3.06. The molecule has 2 aromatic rings. The normalized spacial score (nSPS) is 24.2. The Balaban J connectivity index is 0.000000233. The van der Waals surface area contributed by atoms with Crippen LogP contribution >= 0.6 is 0 Å². The van der Waals surface area contributed by atoms with Gasteiger partial charge in [0.25, 0.3) is 5.91 Å². The van der Waals surface area contributed by atoms with Crippen LogP contribution in [-0.2, 0) is 46.1 Å². The fourth-order valence-corrected chi connectivity index (χ4v) is 8.70. The molecule has 2 bridgehead atoms. The van der Waals surface area contributed by atoms with Gasteiger partial charge in [-0.25, -0.2) is 0 Å². The molecule has 14 nitrogen and oxygen atoms in total. The second-order valence-electron chi connectivity index (χ2n) is 16.8. The molecule has 330 valence electrons. The SMILES string of the molecule is COC(=O)CCNC(=O)CC(C)OCC12CCC(CC1)OC2.NC(=O)C1CN(C(=O)c2cnn(Cc3ccccc3C(F)(F)F)c2)CC12CN(C(=O)C1(C(F)(F)F)CC1)C2. The minimum Gasteiger partial charge on any atom is -0.469 e. The maximum Gasteiger partial charge on any atom is 0.416 e. The maximum atomic E-state index is 13.4. The van der Waals surface area contributed by atoms with Gasteiger partial charge < -0.3 is 35.1 Å². The number of aromatic nitrogens is 2. The first kappa shape index (κ1) is 44.8. The van der Waals surface area contributed by atoms with Crippen molar-refractivity contribution < 1.29 is 64.5 Å². The Morgan fingerprint density at radius 1 is 1.00 bits per heavy atom. The van der Waals surface area contributed by atoms with Crippen LogP contribution in [0, 0.1) is 22.2 Å². The Morgan fingerprint density at radius 2 is 1.67 bits per heavy atom. The highest BCUT2D eigenvalue weighted by Gasteiger charge is 2.71. The summed E-state index contributed by atoms with van der Waals surface area (Å²) in [5.74, 6) is -3.60. The molecule has 0 radical (unpaired) electrons. The Kier molecular flexibility index (Phi) is 13.0. The highest BCUT2D eigenvalue weighted by atomic mass is 19.4. The van der Waals surface area contributed by atoms with Crippen LogP contribution in [0.3, 0.4) is 0 Å². The molecule has 2 saturated carbocycles. The number of methoxy groups -OCH3 is 1. The second kappa shape index (κ2) is 17.3. The summed E-state index contributed by atoms with van der Waals surface area (Å²) < 4.78 is 97.4. The monoisotopic (exact) mass is 856 g/mol. The summed E-state index contributed by atoms with van der Waals surface area (Å²) in [4.78, 5) is 63.0. The van der Waals surface area contributed by atoms with Crippen LogP contribution in [-0.4, -0.2) is 121 Å². The second-order valence-corrected chi connectivity index (χ2v) is 16.8. The molecule has 60 heavy (non-hydrogen) atoms. The van der Waals surface area contributed by atoms with E-state index in [4.69, 9.17) is 15.2 Å². The first-order valence-electron chi connectivity index (χ1n) is 19.9. The van der Waals surface area contributed by atoms with Gasteiger partial charge in [-0.3, -0.25) is 28.7 Å². The number of ether oxygens (including phenoxy) is 3. The summed E-state index contributed by atoms with van der Waals surface area (Å²) >= 11 is 0. The molecular weight excluding hydrogens is 806 g/mol. The third-order valence-electron chi connectivity index (χ3n) is 12.5. The molecular formula is C40H50F6N6O8. The van der Waals surface area contributed by atoms with Crippen molar-refractivity contribution in [2.24, 2.45) is 27.9 Å². The predicted octanol–water partition coefficient (Wildman–Crippen LogP) is 4.10. The van der Waals surface area contributed by atoms with E-state index < -0.39 is 52.4 Å². The van der Waals surface area contributed by atoms with E-state index in [-0.39, 0.29) is 86.5 Å². The van der Waals surface area contributed by atoms with Gasteiger partial charge in [-0.1, -0.05) is 18.2 Å². The number of hydrogen-bond acceptors (Lipinski definition) is 9. The number of nitrogens with one attached hydrogen (secondary N) is 1. The molecule has 2 aliphatic carbocycles. The summed E-state index contributed by atoms with van der Waals surface area (Å²) in [6, 6.07) is 4.98. The number of nitrogens with zero attached hydrogens (tertiary/aromatic N) is 4. The third kappa shape index (κ3) is 9.74. The zero-order valence-electron chi connectivity index (χ0n) is 33.4. The van der Waals surface area contributed by atoms with Crippen molar-refractivity contribution >= 4 is 29.6 Å². The molecule has 6 aliphatic rings. The first-order valence-corrected chi connectivity index (χ1v) is 19.9. The number of carbonyl (C=O) groups is 5. The van der Waals surface area contributed by atoms with Crippen molar-refractivity contribution in [1.29, 1.82) is 0 Å². The number of fused-ring (bicyclic) bond motifs is 3. The molecule has 6 fully saturated rings. The largest absolute Gasteiger partial charge is 0.469 e. The summed E-state index contributed by atoms with van der Waals surface area (Å²) in [5.41, 5.74) is 1.58. The lowest BCUT2D eigenvalue weighted by Gasteiger charge is -2.51. The van der Waals surface area contributed by atoms with Gasteiger partial charge in [0.2, 0.25) is 17.7 Å². The van der Waals surface area contributed by atoms with E-state index in [9.17, 15) is 50.3 Å². The van der Waals surface area contributed by atoms with Crippen LogP contribution in [0.4, 0.5) is 26.3 Å². The Hall–Kier alpha value is -4.72. The smallest absolute Gasteiger partial charge is 0.416 e. The molecule has 4 saturated heterocycles. The fraction of sp³-hybridized carbons (Fsp3) is 0.650. The van der Waals surface area contributed by atoms with Crippen molar-refractivity contribution in [3.63, 3.8) is 0 Å². The van der Waals surface area contributed by atoms with Gasteiger partial charge in [-0.05, 0) is 57.1 Å². The highest BCUT2D eigenvalue weighted by molar-refractivity contribution is 5.95. The van der Waals surface area contributed by atoms with Crippen LogP contribution in [0.15, 0.2) is 36.7 Å². The minimum atomic E-state index is -4.66. The summed E-state index contributed by atoms with van der Waals surface area (Å²) in [7, 11) is 1.34. The van der Waals surface area contributed by atoms with E-state index in [0.29, 0.717) is 25.7 Å². The van der Waals surface area contributed by atoms with E-state index in [0.717, 1.165) is 43.3 Å². The summed E-state index contributed by atoms with van der Waals surface area (Å²) in [6.07, 6.45) is -1.88. The van der Waals surface area contributed by atoms with Crippen molar-refractivity contribution in [2.45, 2.75) is 89.4 Å². The van der Waals surface area contributed by atoms with Crippen LogP contribution < -0.4 is 11.1 Å². The van der Waals surface area contributed by atoms with Gasteiger partial charge in [-0.15, -0.1) is 0 Å². The van der Waals surface area contributed by atoms with Gasteiger partial charge in [0.15, 0.2) is 0 Å². The van der Waals surface area contributed by atoms with Gasteiger partial charge in [-0.2, -0.15) is 31.4 Å². The molecule has 1 aromatic carbocycles. The number of rotatable bonds is 13. The van der Waals surface area contributed by atoms with Crippen LogP contribution in [0.1, 0.15) is 79.8 Å². The fourth-order valence-electron chi connectivity index (χ4n) is 8.70. The van der Waals surface area contributed by atoms with E-state index in [2.05, 4.69) is 15.2 Å². The van der Waals surface area contributed by atoms with Gasteiger partial charge in [0.1, 0.15) is 5.41 Å². The molecule has 3 N–H and O–H groups in total. The molecule has 2 atom stereocenters. The van der Waals surface area contributed by atoms with Crippen molar-refractivity contribution in [3.05, 3.63) is 53.3 Å². The first-order chi connectivity index (χ1) is 28.2. The van der Waals surface area contributed by atoms with E-state index >= 15 is 0 Å². The number of alkyl halides is 6. The minimum absolute atomic E-state index is 0.00960. The quantitative estimate of drug-likeness (QED) is 0.222. The van der Waals surface area contributed by atoms with Crippen LogP contribution in [0.5, 0.6) is 0 Å². The zero-order chi connectivity index (χ0) is 43.7. The number of benzene rings is 1. The number of amides is 4. The number of primary amides is 1. The lowest BCUT2D eigenvalue weighted by atomic mass is 9.70.